The summed E-state index contributed by atoms with van der Waals surface area (Å²) >= 11 is 0. The molecule has 1 fully saturated rings. The molecule has 0 heterocycles. The highest BCUT2D eigenvalue weighted by Gasteiger charge is 2.47. The van der Waals surface area contributed by atoms with Gasteiger partial charge in [0.2, 0.25) is 5.91 Å². The van der Waals surface area contributed by atoms with E-state index in [0.717, 1.165) is 0 Å². The molecule has 1 aliphatic rings. The molecule has 1 aliphatic carbocycles. The molecule has 0 aromatic heterocycles. The van der Waals surface area contributed by atoms with Gasteiger partial charge in [-0.05, 0) is 12.8 Å². The van der Waals surface area contributed by atoms with Crippen molar-refractivity contribution < 1.29 is 23.2 Å². The van der Waals surface area contributed by atoms with Crippen LogP contribution >= 0.6 is 0 Å². The monoisotopic (exact) mass is 281 g/mol. The van der Waals surface area contributed by atoms with E-state index in [1.807, 2.05) is 0 Å². The average molecular weight is 281 g/mol. The number of hydrogen-bond acceptors (Lipinski definition) is 3. The van der Waals surface area contributed by atoms with Crippen LogP contribution in [0.25, 0.3) is 0 Å². The van der Waals surface area contributed by atoms with Gasteiger partial charge in [-0.25, -0.2) is 0 Å². The summed E-state index contributed by atoms with van der Waals surface area (Å²) in [5.41, 5.74) is 5.20. The van der Waals surface area contributed by atoms with Gasteiger partial charge in [0.05, 0.1) is 5.92 Å². The van der Waals surface area contributed by atoms with Gasteiger partial charge in [0, 0.05) is 18.9 Å². The van der Waals surface area contributed by atoms with Gasteiger partial charge in [0.15, 0.2) is 0 Å². The standard InChI is InChI=1S/C11H18F3N3O2/c12-11(13,14)8-4-2-1-3-7(8)10(18)16-6-5-9(15)17-19/h7-8,19H,1-6H2,(H2,15,17)(H,16,18). The van der Waals surface area contributed by atoms with Crippen LogP contribution in [0.1, 0.15) is 32.1 Å². The highest BCUT2D eigenvalue weighted by molar-refractivity contribution is 5.82. The van der Waals surface area contributed by atoms with Crippen LogP contribution in [-0.4, -0.2) is 29.7 Å². The Morgan fingerprint density at radius 2 is 2.00 bits per heavy atom. The summed E-state index contributed by atoms with van der Waals surface area (Å²) < 4.78 is 38.4. The third-order valence-electron chi connectivity index (χ3n) is 3.33. The summed E-state index contributed by atoms with van der Waals surface area (Å²) in [6, 6.07) is 0. The first-order valence-corrected chi connectivity index (χ1v) is 6.17. The zero-order valence-corrected chi connectivity index (χ0v) is 10.4. The molecule has 8 heteroatoms. The molecule has 0 spiro atoms. The minimum atomic E-state index is -4.34. The molecule has 2 unspecified atom stereocenters. The smallest absolute Gasteiger partial charge is 0.392 e. The Balaban J connectivity index is 2.53. The molecule has 19 heavy (non-hydrogen) atoms. The highest BCUT2D eigenvalue weighted by Crippen LogP contribution is 2.41. The SMILES string of the molecule is NC(CCNC(=O)C1CCCCC1C(F)(F)F)=NO. The second-order valence-electron chi connectivity index (χ2n) is 4.67. The maximum Gasteiger partial charge on any atom is 0.392 e. The number of nitrogens with two attached hydrogens (primary N) is 1. The van der Waals surface area contributed by atoms with Crippen molar-refractivity contribution in [3.63, 3.8) is 0 Å². The molecule has 110 valence electrons. The quantitative estimate of drug-likeness (QED) is 0.316. The van der Waals surface area contributed by atoms with Gasteiger partial charge in [-0.3, -0.25) is 4.79 Å². The minimum Gasteiger partial charge on any atom is -0.409 e. The molecular weight excluding hydrogens is 263 g/mol. The summed E-state index contributed by atoms with van der Waals surface area (Å²) in [7, 11) is 0. The second kappa shape index (κ2) is 6.63. The molecule has 1 rings (SSSR count). The van der Waals surface area contributed by atoms with E-state index in [9.17, 15) is 18.0 Å². The van der Waals surface area contributed by atoms with Crippen molar-refractivity contribution >= 4 is 11.7 Å². The third-order valence-corrected chi connectivity index (χ3v) is 3.33. The van der Waals surface area contributed by atoms with Crippen molar-refractivity contribution in [3.05, 3.63) is 0 Å². The first-order valence-electron chi connectivity index (χ1n) is 6.17. The fourth-order valence-electron chi connectivity index (χ4n) is 2.33. The fourth-order valence-corrected chi connectivity index (χ4v) is 2.33. The fraction of sp³-hybridized carbons (Fsp3) is 0.818. The lowest BCUT2D eigenvalue weighted by Gasteiger charge is -2.31. The number of oxime groups is 1. The molecule has 1 amide bonds. The van der Waals surface area contributed by atoms with Crippen molar-refractivity contribution in [3.8, 4) is 0 Å². The number of amidine groups is 1. The molecule has 0 radical (unpaired) electrons. The first-order chi connectivity index (χ1) is 8.86. The number of halogens is 3. The average Bonchev–Trinajstić information content (AvgIpc) is 2.37. The van der Waals surface area contributed by atoms with Gasteiger partial charge >= 0.3 is 6.18 Å². The van der Waals surface area contributed by atoms with Gasteiger partial charge in [0.1, 0.15) is 5.84 Å². The number of carbonyl (C=O) groups is 1. The summed E-state index contributed by atoms with van der Waals surface area (Å²) in [6.07, 6.45) is -2.86. The third kappa shape index (κ3) is 4.60. The largest absolute Gasteiger partial charge is 0.409 e. The maximum absolute atomic E-state index is 12.8. The second-order valence-corrected chi connectivity index (χ2v) is 4.67. The van der Waals surface area contributed by atoms with Crippen LogP contribution < -0.4 is 11.1 Å². The predicted octanol–water partition coefficient (Wildman–Crippen LogP) is 1.61. The Kier molecular flexibility index (Phi) is 5.44. The van der Waals surface area contributed by atoms with Gasteiger partial charge in [-0.2, -0.15) is 13.2 Å². The van der Waals surface area contributed by atoms with Crippen molar-refractivity contribution in [1.29, 1.82) is 0 Å². The molecule has 1 saturated carbocycles. The molecule has 0 aromatic carbocycles. The first kappa shape index (κ1) is 15.6. The Bertz CT molecular complexity index is 345. The van der Waals surface area contributed by atoms with E-state index in [-0.39, 0.29) is 31.6 Å². The van der Waals surface area contributed by atoms with Gasteiger partial charge in [0.25, 0.3) is 0 Å². The van der Waals surface area contributed by atoms with E-state index >= 15 is 0 Å². The number of nitrogens with one attached hydrogen (secondary N) is 1. The van der Waals surface area contributed by atoms with E-state index in [1.165, 1.54) is 0 Å². The molecule has 2 atom stereocenters. The van der Waals surface area contributed by atoms with Crippen LogP contribution in [0.15, 0.2) is 5.16 Å². The Labute approximate surface area is 109 Å². The van der Waals surface area contributed by atoms with E-state index in [1.54, 1.807) is 0 Å². The summed E-state index contributed by atoms with van der Waals surface area (Å²) in [6.45, 7) is 0.0653. The molecule has 5 nitrogen and oxygen atoms in total. The van der Waals surface area contributed by atoms with Crippen LogP contribution in [0.3, 0.4) is 0 Å². The molecule has 0 bridgehead atoms. The maximum atomic E-state index is 12.8. The Morgan fingerprint density at radius 1 is 1.37 bits per heavy atom. The molecule has 0 saturated heterocycles. The molecular formula is C11H18F3N3O2. The van der Waals surface area contributed by atoms with Crippen LogP contribution in [-0.2, 0) is 4.79 Å². The topological polar surface area (TPSA) is 87.7 Å². The molecule has 0 aromatic rings. The van der Waals surface area contributed by atoms with E-state index in [0.29, 0.717) is 12.8 Å². The van der Waals surface area contributed by atoms with Crippen molar-refractivity contribution in [2.45, 2.75) is 38.3 Å². The number of amides is 1. The van der Waals surface area contributed by atoms with E-state index in [4.69, 9.17) is 10.9 Å². The number of alkyl halides is 3. The van der Waals surface area contributed by atoms with Crippen molar-refractivity contribution in [2.24, 2.45) is 22.7 Å². The molecule has 0 aliphatic heterocycles. The minimum absolute atomic E-state index is 0.00181. The number of rotatable bonds is 4. The lowest BCUT2D eigenvalue weighted by Crippen LogP contribution is -2.43. The van der Waals surface area contributed by atoms with Gasteiger partial charge in [-0.15, -0.1) is 0 Å². The summed E-state index contributed by atoms with van der Waals surface area (Å²) in [5.74, 6) is -3.27. The lowest BCUT2D eigenvalue weighted by atomic mass is 9.78. The van der Waals surface area contributed by atoms with Crippen LogP contribution in [0.2, 0.25) is 0 Å². The Morgan fingerprint density at radius 3 is 2.58 bits per heavy atom. The highest BCUT2D eigenvalue weighted by atomic mass is 19.4. The summed E-state index contributed by atoms with van der Waals surface area (Å²) in [5, 5.41) is 13.4. The van der Waals surface area contributed by atoms with Crippen molar-refractivity contribution in [1.82, 2.24) is 5.32 Å². The normalized spacial score (nSPS) is 25.1. The zero-order chi connectivity index (χ0) is 14.5. The number of nitrogens with zero attached hydrogens (tertiary/aromatic N) is 1. The van der Waals surface area contributed by atoms with E-state index in [2.05, 4.69) is 10.5 Å². The van der Waals surface area contributed by atoms with E-state index < -0.39 is 23.9 Å². The van der Waals surface area contributed by atoms with Crippen LogP contribution in [0.4, 0.5) is 13.2 Å². The zero-order valence-electron chi connectivity index (χ0n) is 10.4. The lowest BCUT2D eigenvalue weighted by molar-refractivity contribution is -0.198. The number of carbonyl (C=O) groups excluding carboxylic acids is 1. The Hall–Kier alpha value is -1.47. The van der Waals surface area contributed by atoms with Gasteiger partial charge in [-0.1, -0.05) is 18.0 Å². The summed E-state index contributed by atoms with van der Waals surface area (Å²) in [4.78, 5) is 11.8. The van der Waals surface area contributed by atoms with Crippen LogP contribution in [0.5, 0.6) is 0 Å². The van der Waals surface area contributed by atoms with Crippen LogP contribution in [0, 0.1) is 11.8 Å². The number of hydrogen-bond donors (Lipinski definition) is 3. The van der Waals surface area contributed by atoms with Gasteiger partial charge < -0.3 is 16.3 Å². The molecule has 4 N–H and O–H groups in total. The van der Waals surface area contributed by atoms with Crippen molar-refractivity contribution in [2.75, 3.05) is 6.54 Å². The predicted molar refractivity (Wildman–Crippen MR) is 62.5 cm³/mol.